The van der Waals surface area contributed by atoms with E-state index in [2.05, 4.69) is 22.1 Å². The van der Waals surface area contributed by atoms with Crippen LogP contribution in [0.2, 0.25) is 0 Å². The molecule has 1 aliphatic heterocycles. The fraction of sp³-hybridized carbons (Fsp3) is 0.615. The Balaban J connectivity index is 2.10. The number of anilines is 2. The van der Waals surface area contributed by atoms with E-state index in [4.69, 9.17) is 9.47 Å². The van der Waals surface area contributed by atoms with Crippen molar-refractivity contribution >= 4 is 11.6 Å². The van der Waals surface area contributed by atoms with Crippen molar-refractivity contribution in [1.82, 2.24) is 4.98 Å². The highest BCUT2D eigenvalue weighted by molar-refractivity contribution is 5.48. The average Bonchev–Trinajstić information content (AvgIpc) is 2.82. The standard InChI is InChI=1S/C13H21N3O2/c1-4-14-12-6-5-7-13(15-12)16-8-10(17-2)11(9-16)18-3/h5-7,10-11H,4,8-9H2,1-3H3,(H,14,15). The summed E-state index contributed by atoms with van der Waals surface area (Å²) in [6, 6.07) is 6.01. The van der Waals surface area contributed by atoms with Crippen LogP contribution in [0.3, 0.4) is 0 Å². The first-order valence-corrected chi connectivity index (χ1v) is 6.30. The number of hydrogen-bond acceptors (Lipinski definition) is 5. The summed E-state index contributed by atoms with van der Waals surface area (Å²) in [5.41, 5.74) is 0. The van der Waals surface area contributed by atoms with Crippen LogP contribution in [0.1, 0.15) is 6.92 Å². The molecule has 0 amide bonds. The second-order valence-electron chi connectivity index (χ2n) is 4.36. The first-order chi connectivity index (χ1) is 8.78. The number of nitrogens with one attached hydrogen (secondary N) is 1. The van der Waals surface area contributed by atoms with E-state index in [-0.39, 0.29) is 12.2 Å². The summed E-state index contributed by atoms with van der Waals surface area (Å²) < 4.78 is 10.9. The van der Waals surface area contributed by atoms with E-state index in [1.165, 1.54) is 0 Å². The lowest BCUT2D eigenvalue weighted by molar-refractivity contribution is -0.00461. The first kappa shape index (κ1) is 13.1. The summed E-state index contributed by atoms with van der Waals surface area (Å²) in [5.74, 6) is 1.87. The minimum atomic E-state index is 0.111. The molecule has 0 bridgehead atoms. The molecule has 1 aromatic rings. The van der Waals surface area contributed by atoms with Gasteiger partial charge >= 0.3 is 0 Å². The molecule has 0 aliphatic carbocycles. The van der Waals surface area contributed by atoms with Gasteiger partial charge in [0.2, 0.25) is 0 Å². The van der Waals surface area contributed by atoms with Crippen LogP contribution >= 0.6 is 0 Å². The topological polar surface area (TPSA) is 46.6 Å². The SMILES string of the molecule is CCNc1cccc(N2CC(OC)C(OC)C2)n1. The summed E-state index contributed by atoms with van der Waals surface area (Å²) in [6.07, 6.45) is 0.221. The van der Waals surface area contributed by atoms with Gasteiger partial charge in [-0.3, -0.25) is 0 Å². The van der Waals surface area contributed by atoms with Crippen LogP contribution in [0.15, 0.2) is 18.2 Å². The third kappa shape index (κ3) is 2.73. The number of methoxy groups -OCH3 is 2. The Morgan fingerprint density at radius 2 is 1.94 bits per heavy atom. The zero-order valence-electron chi connectivity index (χ0n) is 11.2. The molecule has 2 atom stereocenters. The zero-order chi connectivity index (χ0) is 13.0. The van der Waals surface area contributed by atoms with E-state index in [9.17, 15) is 0 Å². The van der Waals surface area contributed by atoms with Crippen LogP contribution in [-0.4, -0.2) is 51.0 Å². The maximum absolute atomic E-state index is 5.43. The molecule has 0 spiro atoms. The Labute approximate surface area is 108 Å². The highest BCUT2D eigenvalue weighted by Crippen LogP contribution is 2.22. The summed E-state index contributed by atoms with van der Waals surface area (Å²) in [5, 5.41) is 3.22. The van der Waals surface area contributed by atoms with Crippen molar-refractivity contribution in [2.45, 2.75) is 19.1 Å². The van der Waals surface area contributed by atoms with Gasteiger partial charge in [-0.25, -0.2) is 4.98 Å². The van der Waals surface area contributed by atoms with Gasteiger partial charge in [0.15, 0.2) is 0 Å². The molecule has 2 unspecified atom stereocenters. The Kier molecular flexibility index (Phi) is 4.38. The van der Waals surface area contributed by atoms with Crippen molar-refractivity contribution in [1.29, 1.82) is 0 Å². The lowest BCUT2D eigenvalue weighted by Crippen LogP contribution is -2.27. The van der Waals surface area contributed by atoms with E-state index in [1.54, 1.807) is 14.2 Å². The molecule has 2 rings (SSSR count). The summed E-state index contributed by atoms with van der Waals surface area (Å²) in [6.45, 7) is 4.57. The maximum atomic E-state index is 5.43. The zero-order valence-corrected chi connectivity index (χ0v) is 11.2. The predicted molar refractivity (Wildman–Crippen MR) is 72.2 cm³/mol. The number of ether oxygens (including phenoxy) is 2. The molecule has 1 fully saturated rings. The van der Waals surface area contributed by atoms with Crippen LogP contribution in [-0.2, 0) is 9.47 Å². The van der Waals surface area contributed by atoms with Gasteiger partial charge in [0.25, 0.3) is 0 Å². The van der Waals surface area contributed by atoms with E-state index in [1.807, 2.05) is 18.2 Å². The van der Waals surface area contributed by atoms with Gasteiger partial charge in [-0.1, -0.05) is 6.07 Å². The highest BCUT2D eigenvalue weighted by Gasteiger charge is 2.33. The number of rotatable bonds is 5. The van der Waals surface area contributed by atoms with Crippen LogP contribution in [0, 0.1) is 0 Å². The minimum absolute atomic E-state index is 0.111. The van der Waals surface area contributed by atoms with Gasteiger partial charge in [-0.15, -0.1) is 0 Å². The molecule has 100 valence electrons. The molecular weight excluding hydrogens is 230 g/mol. The van der Waals surface area contributed by atoms with Gasteiger partial charge < -0.3 is 19.7 Å². The van der Waals surface area contributed by atoms with Crippen molar-refractivity contribution < 1.29 is 9.47 Å². The molecular formula is C13H21N3O2. The molecule has 1 N–H and O–H groups in total. The maximum Gasteiger partial charge on any atom is 0.131 e. The minimum Gasteiger partial charge on any atom is -0.377 e. The van der Waals surface area contributed by atoms with Crippen LogP contribution < -0.4 is 10.2 Å². The smallest absolute Gasteiger partial charge is 0.131 e. The Morgan fingerprint density at radius 3 is 2.50 bits per heavy atom. The van der Waals surface area contributed by atoms with Crippen molar-refractivity contribution in [3.05, 3.63) is 18.2 Å². The van der Waals surface area contributed by atoms with Crippen LogP contribution in [0.25, 0.3) is 0 Å². The number of pyridine rings is 1. The number of aromatic nitrogens is 1. The molecule has 0 radical (unpaired) electrons. The average molecular weight is 251 g/mol. The summed E-state index contributed by atoms with van der Waals surface area (Å²) >= 11 is 0. The molecule has 5 heteroatoms. The molecule has 1 aromatic heterocycles. The quantitative estimate of drug-likeness (QED) is 0.856. The third-order valence-corrected chi connectivity index (χ3v) is 3.24. The van der Waals surface area contributed by atoms with Crippen molar-refractivity contribution in [2.75, 3.05) is 44.1 Å². The molecule has 0 aromatic carbocycles. The Hall–Kier alpha value is -1.33. The lowest BCUT2D eigenvalue weighted by atomic mass is 10.3. The van der Waals surface area contributed by atoms with Crippen molar-refractivity contribution in [3.63, 3.8) is 0 Å². The van der Waals surface area contributed by atoms with Crippen molar-refractivity contribution in [2.24, 2.45) is 0 Å². The molecule has 1 saturated heterocycles. The summed E-state index contributed by atoms with van der Waals surface area (Å²) in [7, 11) is 3.45. The van der Waals surface area contributed by atoms with Gasteiger partial charge in [-0.05, 0) is 19.1 Å². The van der Waals surface area contributed by atoms with E-state index in [0.717, 1.165) is 31.3 Å². The fourth-order valence-corrected chi connectivity index (χ4v) is 2.26. The highest BCUT2D eigenvalue weighted by atomic mass is 16.5. The van der Waals surface area contributed by atoms with Crippen LogP contribution in [0.4, 0.5) is 11.6 Å². The number of nitrogens with zero attached hydrogens (tertiary/aromatic N) is 2. The molecule has 18 heavy (non-hydrogen) atoms. The van der Waals surface area contributed by atoms with E-state index >= 15 is 0 Å². The molecule has 0 saturated carbocycles. The van der Waals surface area contributed by atoms with Gasteiger partial charge in [-0.2, -0.15) is 0 Å². The van der Waals surface area contributed by atoms with E-state index in [0.29, 0.717) is 0 Å². The lowest BCUT2D eigenvalue weighted by Gasteiger charge is -2.17. The number of hydrogen-bond donors (Lipinski definition) is 1. The largest absolute Gasteiger partial charge is 0.377 e. The van der Waals surface area contributed by atoms with Crippen molar-refractivity contribution in [3.8, 4) is 0 Å². The van der Waals surface area contributed by atoms with Gasteiger partial charge in [0, 0.05) is 33.9 Å². The van der Waals surface area contributed by atoms with E-state index < -0.39 is 0 Å². The Bertz CT molecular complexity index is 374. The first-order valence-electron chi connectivity index (χ1n) is 6.30. The molecule has 1 aliphatic rings. The van der Waals surface area contributed by atoms with Gasteiger partial charge in [0.1, 0.15) is 23.8 Å². The predicted octanol–water partition coefficient (Wildman–Crippen LogP) is 1.36. The molecule has 5 nitrogen and oxygen atoms in total. The third-order valence-electron chi connectivity index (χ3n) is 3.24. The fourth-order valence-electron chi connectivity index (χ4n) is 2.26. The monoisotopic (exact) mass is 251 g/mol. The second-order valence-corrected chi connectivity index (χ2v) is 4.36. The summed E-state index contributed by atoms with van der Waals surface area (Å²) in [4.78, 5) is 6.78. The molecule has 2 heterocycles. The normalized spacial score (nSPS) is 23.4. The van der Waals surface area contributed by atoms with Gasteiger partial charge in [0.05, 0.1) is 0 Å². The van der Waals surface area contributed by atoms with Crippen LogP contribution in [0.5, 0.6) is 0 Å². The second kappa shape index (κ2) is 6.02. The Morgan fingerprint density at radius 1 is 1.28 bits per heavy atom.